The molecule has 0 aliphatic carbocycles. The Balaban J connectivity index is 1.91. The van der Waals surface area contributed by atoms with E-state index in [0.29, 0.717) is 35.1 Å². The molecule has 0 saturated carbocycles. The van der Waals surface area contributed by atoms with Crippen LogP contribution in [0.25, 0.3) is 0 Å². The van der Waals surface area contributed by atoms with Gasteiger partial charge in [0.15, 0.2) is 0 Å². The van der Waals surface area contributed by atoms with Gasteiger partial charge in [-0.15, -0.1) is 0 Å². The summed E-state index contributed by atoms with van der Waals surface area (Å²) in [7, 11) is 0. The number of para-hydroxylation sites is 3. The van der Waals surface area contributed by atoms with Crippen LogP contribution in [0, 0.1) is 0 Å². The Morgan fingerprint density at radius 2 is 1.50 bits per heavy atom. The lowest BCUT2D eigenvalue weighted by atomic mass is 10.2. The smallest absolute Gasteiger partial charge is 0.321 e. The number of carbonyl (C=O) groups excluding carboxylic acids is 2. The van der Waals surface area contributed by atoms with Crippen LogP contribution in [0.5, 0.6) is 5.75 Å². The van der Waals surface area contributed by atoms with Crippen LogP contribution in [0.4, 0.5) is 22.7 Å². The van der Waals surface area contributed by atoms with Gasteiger partial charge in [0.1, 0.15) is 5.75 Å². The lowest BCUT2D eigenvalue weighted by molar-refractivity contribution is -0.134. The number of amides is 2. The summed E-state index contributed by atoms with van der Waals surface area (Å²) in [4.78, 5) is 27.1. The maximum absolute atomic E-state index is 13.0. The Hall–Kier alpha value is -3.80. The highest BCUT2D eigenvalue weighted by molar-refractivity contribution is 6.45. The van der Waals surface area contributed by atoms with Crippen molar-refractivity contribution in [1.29, 1.82) is 0 Å². The van der Waals surface area contributed by atoms with Gasteiger partial charge in [-0.3, -0.25) is 14.5 Å². The maximum atomic E-state index is 13.0. The standard InChI is InChI=1S/C22H21N3O3/c1-2-28-20-11-7-6-10-19(20)24-21(26)22(27)25(17-8-4-3-5-9-17)18-14-12-16(23)13-15-18/h3-15H,2,23H2,1H3,(H,24,26). The van der Waals surface area contributed by atoms with Crippen LogP contribution in [0.15, 0.2) is 78.9 Å². The third kappa shape index (κ3) is 4.29. The number of hydrogen-bond acceptors (Lipinski definition) is 4. The van der Waals surface area contributed by atoms with E-state index in [2.05, 4.69) is 5.32 Å². The van der Waals surface area contributed by atoms with Crippen LogP contribution in [-0.4, -0.2) is 18.4 Å². The molecule has 0 fully saturated rings. The Labute approximate surface area is 163 Å². The third-order valence-electron chi connectivity index (χ3n) is 4.00. The van der Waals surface area contributed by atoms with Crippen molar-refractivity contribution in [3.8, 4) is 5.75 Å². The molecule has 2 amide bonds. The van der Waals surface area contributed by atoms with Crippen molar-refractivity contribution in [1.82, 2.24) is 0 Å². The average molecular weight is 375 g/mol. The number of hydrogen-bond donors (Lipinski definition) is 2. The number of rotatable bonds is 5. The summed E-state index contributed by atoms with van der Waals surface area (Å²) in [6, 6.07) is 22.7. The molecule has 0 aliphatic rings. The summed E-state index contributed by atoms with van der Waals surface area (Å²) in [5, 5.41) is 2.65. The van der Waals surface area contributed by atoms with E-state index in [1.165, 1.54) is 4.90 Å². The van der Waals surface area contributed by atoms with E-state index in [4.69, 9.17) is 10.5 Å². The van der Waals surface area contributed by atoms with Crippen LogP contribution >= 0.6 is 0 Å². The largest absolute Gasteiger partial charge is 0.492 e. The van der Waals surface area contributed by atoms with Crippen molar-refractivity contribution in [3.05, 3.63) is 78.9 Å². The van der Waals surface area contributed by atoms with Gasteiger partial charge < -0.3 is 15.8 Å². The Morgan fingerprint density at radius 3 is 2.18 bits per heavy atom. The Bertz CT molecular complexity index is 956. The van der Waals surface area contributed by atoms with Gasteiger partial charge in [-0.1, -0.05) is 30.3 Å². The maximum Gasteiger partial charge on any atom is 0.321 e. The van der Waals surface area contributed by atoms with E-state index in [9.17, 15) is 9.59 Å². The predicted molar refractivity (Wildman–Crippen MR) is 111 cm³/mol. The fourth-order valence-corrected chi connectivity index (χ4v) is 2.71. The van der Waals surface area contributed by atoms with Gasteiger partial charge in [-0.05, 0) is 55.5 Å². The number of anilines is 4. The van der Waals surface area contributed by atoms with Gasteiger partial charge in [0.05, 0.1) is 12.3 Å². The first-order valence-corrected chi connectivity index (χ1v) is 8.88. The van der Waals surface area contributed by atoms with Crippen molar-refractivity contribution in [3.63, 3.8) is 0 Å². The van der Waals surface area contributed by atoms with Crippen molar-refractivity contribution >= 4 is 34.6 Å². The normalized spacial score (nSPS) is 10.2. The molecule has 0 spiro atoms. The monoisotopic (exact) mass is 375 g/mol. The molecule has 3 N–H and O–H groups in total. The molecular weight excluding hydrogens is 354 g/mol. The molecule has 0 saturated heterocycles. The predicted octanol–water partition coefficient (Wildman–Crippen LogP) is 3.97. The van der Waals surface area contributed by atoms with Crippen LogP contribution < -0.4 is 20.7 Å². The lowest BCUT2D eigenvalue weighted by Crippen LogP contribution is -2.36. The van der Waals surface area contributed by atoms with Crippen molar-refractivity contribution in [2.75, 3.05) is 22.6 Å². The summed E-state index contributed by atoms with van der Waals surface area (Å²) in [6.07, 6.45) is 0. The molecule has 0 bridgehead atoms. The summed E-state index contributed by atoms with van der Waals surface area (Å²) < 4.78 is 5.51. The van der Waals surface area contributed by atoms with Crippen LogP contribution in [-0.2, 0) is 9.59 Å². The highest BCUT2D eigenvalue weighted by Crippen LogP contribution is 2.28. The van der Waals surface area contributed by atoms with Gasteiger partial charge in [-0.2, -0.15) is 0 Å². The average Bonchev–Trinajstić information content (AvgIpc) is 2.72. The first-order valence-electron chi connectivity index (χ1n) is 8.88. The Morgan fingerprint density at radius 1 is 0.893 bits per heavy atom. The molecule has 3 aromatic rings. The topological polar surface area (TPSA) is 84.7 Å². The second kappa shape index (κ2) is 8.73. The highest BCUT2D eigenvalue weighted by Gasteiger charge is 2.25. The zero-order chi connectivity index (χ0) is 19.9. The minimum Gasteiger partial charge on any atom is -0.492 e. The zero-order valence-corrected chi connectivity index (χ0v) is 15.5. The Kier molecular flexibility index (Phi) is 5.91. The van der Waals surface area contributed by atoms with E-state index in [0.717, 1.165) is 0 Å². The van der Waals surface area contributed by atoms with E-state index in [-0.39, 0.29) is 0 Å². The van der Waals surface area contributed by atoms with Gasteiger partial charge in [-0.25, -0.2) is 0 Å². The summed E-state index contributed by atoms with van der Waals surface area (Å²) in [5.41, 5.74) is 7.87. The summed E-state index contributed by atoms with van der Waals surface area (Å²) in [5.74, 6) is -0.986. The van der Waals surface area contributed by atoms with Crippen molar-refractivity contribution < 1.29 is 14.3 Å². The molecule has 6 nitrogen and oxygen atoms in total. The molecule has 0 atom stereocenters. The molecule has 3 rings (SSSR count). The minimum atomic E-state index is -0.771. The molecular formula is C22H21N3O3. The van der Waals surface area contributed by atoms with Crippen LogP contribution in [0.2, 0.25) is 0 Å². The number of nitrogens with zero attached hydrogens (tertiary/aromatic N) is 1. The molecule has 0 radical (unpaired) electrons. The number of nitrogen functional groups attached to an aromatic ring is 1. The molecule has 0 aromatic heterocycles. The number of ether oxygens (including phenoxy) is 1. The molecule has 6 heteroatoms. The number of nitrogens with two attached hydrogens (primary N) is 1. The quantitative estimate of drug-likeness (QED) is 0.522. The summed E-state index contributed by atoms with van der Waals surface area (Å²) >= 11 is 0. The highest BCUT2D eigenvalue weighted by atomic mass is 16.5. The number of carbonyl (C=O) groups is 2. The minimum absolute atomic E-state index is 0.438. The van der Waals surface area contributed by atoms with E-state index < -0.39 is 11.8 Å². The zero-order valence-electron chi connectivity index (χ0n) is 15.5. The van der Waals surface area contributed by atoms with Crippen LogP contribution in [0.3, 0.4) is 0 Å². The van der Waals surface area contributed by atoms with Gasteiger partial charge in [0, 0.05) is 17.1 Å². The van der Waals surface area contributed by atoms with Crippen molar-refractivity contribution in [2.45, 2.75) is 6.92 Å². The number of benzene rings is 3. The van der Waals surface area contributed by atoms with E-state index in [1.807, 2.05) is 13.0 Å². The first-order chi connectivity index (χ1) is 13.6. The molecule has 142 valence electrons. The fourth-order valence-electron chi connectivity index (χ4n) is 2.71. The third-order valence-corrected chi connectivity index (χ3v) is 4.00. The molecule has 3 aromatic carbocycles. The first kappa shape index (κ1) is 19.0. The van der Waals surface area contributed by atoms with Gasteiger partial charge in [0.25, 0.3) is 0 Å². The second-order valence-electron chi connectivity index (χ2n) is 5.95. The lowest BCUT2D eigenvalue weighted by Gasteiger charge is -2.23. The molecule has 0 aliphatic heterocycles. The van der Waals surface area contributed by atoms with E-state index in [1.54, 1.807) is 72.8 Å². The fraction of sp³-hybridized carbons (Fsp3) is 0.0909. The van der Waals surface area contributed by atoms with Gasteiger partial charge >= 0.3 is 11.8 Å². The SMILES string of the molecule is CCOc1ccccc1NC(=O)C(=O)N(c1ccccc1)c1ccc(N)cc1. The molecule has 28 heavy (non-hydrogen) atoms. The summed E-state index contributed by atoms with van der Waals surface area (Å²) in [6.45, 7) is 2.30. The van der Waals surface area contributed by atoms with Gasteiger partial charge in [0.2, 0.25) is 0 Å². The van der Waals surface area contributed by atoms with Crippen molar-refractivity contribution in [2.24, 2.45) is 0 Å². The number of nitrogens with one attached hydrogen (secondary N) is 1. The second-order valence-corrected chi connectivity index (χ2v) is 5.95. The molecule has 0 heterocycles. The van der Waals surface area contributed by atoms with E-state index >= 15 is 0 Å². The molecule has 0 unspecified atom stereocenters. The van der Waals surface area contributed by atoms with Crippen LogP contribution in [0.1, 0.15) is 6.92 Å².